The van der Waals surface area contributed by atoms with Crippen molar-refractivity contribution >= 4 is 29.4 Å². The van der Waals surface area contributed by atoms with Crippen molar-refractivity contribution in [2.24, 2.45) is 4.99 Å². The molecule has 0 unspecified atom stereocenters. The van der Waals surface area contributed by atoms with Gasteiger partial charge in [-0.2, -0.15) is 0 Å². The van der Waals surface area contributed by atoms with E-state index in [1.807, 2.05) is 36.4 Å². The number of amides is 1. The first-order valence-electron chi connectivity index (χ1n) is 5.92. The Hall–Kier alpha value is -2.13. The largest absolute Gasteiger partial charge is 0.321 e. The van der Waals surface area contributed by atoms with Crippen molar-refractivity contribution in [1.29, 1.82) is 0 Å². The van der Waals surface area contributed by atoms with Crippen LogP contribution in [0.15, 0.2) is 53.5 Å². The summed E-state index contributed by atoms with van der Waals surface area (Å²) in [6.45, 7) is 0. The van der Waals surface area contributed by atoms with E-state index in [0.29, 0.717) is 5.02 Å². The van der Waals surface area contributed by atoms with E-state index < -0.39 is 0 Å². The molecule has 0 aliphatic carbocycles. The topological polar surface area (TPSA) is 41.5 Å². The summed E-state index contributed by atoms with van der Waals surface area (Å²) < 4.78 is 0. The molecule has 3 nitrogen and oxygen atoms in total. The van der Waals surface area contributed by atoms with Gasteiger partial charge in [0.05, 0.1) is 6.21 Å². The van der Waals surface area contributed by atoms with Gasteiger partial charge in [-0.25, -0.2) is 0 Å². The van der Waals surface area contributed by atoms with E-state index in [0.717, 1.165) is 16.8 Å². The number of hydrogen-bond donors (Lipinski definition) is 1. The van der Waals surface area contributed by atoms with Gasteiger partial charge >= 0.3 is 0 Å². The van der Waals surface area contributed by atoms with Crippen LogP contribution in [0.3, 0.4) is 0 Å². The van der Waals surface area contributed by atoms with E-state index >= 15 is 0 Å². The Morgan fingerprint density at radius 3 is 2.68 bits per heavy atom. The summed E-state index contributed by atoms with van der Waals surface area (Å²) in [6.07, 6.45) is 1.32. The van der Waals surface area contributed by atoms with E-state index in [1.165, 1.54) is 6.21 Å². The van der Waals surface area contributed by atoms with Crippen molar-refractivity contribution in [3.8, 4) is 0 Å². The summed E-state index contributed by atoms with van der Waals surface area (Å²) in [7, 11) is 0. The molecular weight excluding hydrogens is 260 g/mol. The third-order valence-electron chi connectivity index (χ3n) is 3.02. The van der Waals surface area contributed by atoms with Crippen molar-refractivity contribution in [2.75, 3.05) is 5.32 Å². The van der Waals surface area contributed by atoms with E-state index in [-0.39, 0.29) is 11.9 Å². The van der Waals surface area contributed by atoms with Crippen LogP contribution in [0.1, 0.15) is 17.2 Å². The van der Waals surface area contributed by atoms with Crippen LogP contribution in [0.2, 0.25) is 5.02 Å². The molecule has 0 aromatic heterocycles. The Kier molecular flexibility index (Phi) is 3.05. The molecule has 1 atom stereocenters. The minimum atomic E-state index is -0.220. The van der Waals surface area contributed by atoms with E-state index in [2.05, 4.69) is 10.3 Å². The smallest absolute Gasteiger partial charge is 0.266 e. The highest BCUT2D eigenvalue weighted by Gasteiger charge is 2.20. The molecule has 2 aromatic rings. The number of aliphatic imine (C=N–C) groups is 1. The number of nitrogens with zero attached hydrogens (tertiary/aromatic N) is 1. The molecule has 0 radical (unpaired) electrons. The predicted molar refractivity (Wildman–Crippen MR) is 76.9 cm³/mol. The molecule has 1 aliphatic heterocycles. The number of hydrogen-bond acceptors (Lipinski definition) is 2. The zero-order valence-corrected chi connectivity index (χ0v) is 10.8. The molecule has 1 amide bonds. The van der Waals surface area contributed by atoms with Crippen LogP contribution < -0.4 is 5.32 Å². The number of fused-ring (bicyclic) bond motifs is 1. The van der Waals surface area contributed by atoms with Crippen LogP contribution in [0, 0.1) is 0 Å². The SMILES string of the molecule is O=C1C=N[C@@H](c2ccccc2)c2cc(Cl)ccc2N1. The van der Waals surface area contributed by atoms with Gasteiger partial charge in [0, 0.05) is 16.3 Å². The van der Waals surface area contributed by atoms with Crippen LogP contribution in [-0.4, -0.2) is 12.1 Å². The molecule has 0 spiro atoms. The molecule has 1 N–H and O–H groups in total. The second kappa shape index (κ2) is 4.86. The molecule has 1 aliphatic rings. The lowest BCUT2D eigenvalue weighted by molar-refractivity contribution is -0.109. The summed E-state index contributed by atoms with van der Waals surface area (Å²) in [4.78, 5) is 16.0. The Bertz CT molecular complexity index is 652. The van der Waals surface area contributed by atoms with Crippen molar-refractivity contribution < 1.29 is 4.79 Å². The van der Waals surface area contributed by atoms with Crippen LogP contribution in [0.25, 0.3) is 0 Å². The summed E-state index contributed by atoms with van der Waals surface area (Å²) in [5.41, 5.74) is 2.68. The first-order chi connectivity index (χ1) is 9.24. The second-order valence-electron chi connectivity index (χ2n) is 4.31. The lowest BCUT2D eigenvalue weighted by Crippen LogP contribution is -2.11. The van der Waals surface area contributed by atoms with Crippen LogP contribution >= 0.6 is 11.6 Å². The lowest BCUT2D eigenvalue weighted by Gasteiger charge is -2.15. The predicted octanol–water partition coefficient (Wildman–Crippen LogP) is 3.45. The quantitative estimate of drug-likeness (QED) is 0.847. The molecule has 0 fully saturated rings. The average Bonchev–Trinajstić information content (AvgIpc) is 2.58. The van der Waals surface area contributed by atoms with E-state index in [4.69, 9.17) is 11.6 Å². The average molecular weight is 271 g/mol. The molecule has 0 bridgehead atoms. The fraction of sp³-hybridized carbons (Fsp3) is 0.0667. The van der Waals surface area contributed by atoms with Crippen LogP contribution in [0.4, 0.5) is 5.69 Å². The summed E-state index contributed by atoms with van der Waals surface area (Å²) in [5.74, 6) is -0.220. The zero-order chi connectivity index (χ0) is 13.2. The number of carbonyl (C=O) groups is 1. The van der Waals surface area contributed by atoms with Gasteiger partial charge in [-0.15, -0.1) is 0 Å². The van der Waals surface area contributed by atoms with Gasteiger partial charge < -0.3 is 5.32 Å². The van der Waals surface area contributed by atoms with Gasteiger partial charge in [0.25, 0.3) is 5.91 Å². The minimum absolute atomic E-state index is 0.214. The number of nitrogens with one attached hydrogen (secondary N) is 1. The maximum absolute atomic E-state index is 11.6. The van der Waals surface area contributed by atoms with Crippen molar-refractivity contribution in [3.05, 3.63) is 64.7 Å². The molecule has 0 saturated carbocycles. The van der Waals surface area contributed by atoms with Crippen molar-refractivity contribution in [2.45, 2.75) is 6.04 Å². The zero-order valence-electron chi connectivity index (χ0n) is 10.0. The second-order valence-corrected chi connectivity index (χ2v) is 4.75. The third kappa shape index (κ3) is 2.37. The molecule has 94 valence electrons. The van der Waals surface area contributed by atoms with E-state index in [9.17, 15) is 4.79 Å². The molecule has 3 rings (SSSR count). The molecule has 0 saturated heterocycles. The fourth-order valence-electron chi connectivity index (χ4n) is 2.16. The van der Waals surface area contributed by atoms with Gasteiger partial charge in [0.1, 0.15) is 6.04 Å². The number of carbonyl (C=O) groups excluding carboxylic acids is 1. The first kappa shape index (κ1) is 11.9. The Labute approximate surface area is 115 Å². The Morgan fingerprint density at radius 1 is 1.11 bits per heavy atom. The van der Waals surface area contributed by atoms with Gasteiger partial charge in [-0.05, 0) is 23.8 Å². The maximum Gasteiger partial charge on any atom is 0.266 e. The van der Waals surface area contributed by atoms with Crippen molar-refractivity contribution in [3.63, 3.8) is 0 Å². The van der Waals surface area contributed by atoms with E-state index in [1.54, 1.807) is 12.1 Å². The number of rotatable bonds is 1. The lowest BCUT2D eigenvalue weighted by atomic mass is 9.98. The standard InChI is InChI=1S/C15H11ClN2O/c16-11-6-7-13-12(8-11)15(17-9-14(19)18-13)10-4-2-1-3-5-10/h1-9,15H,(H,18,19)/t15-/m0/s1. The summed E-state index contributed by atoms with van der Waals surface area (Å²) >= 11 is 6.05. The number of anilines is 1. The Morgan fingerprint density at radius 2 is 1.89 bits per heavy atom. The monoisotopic (exact) mass is 270 g/mol. The van der Waals surface area contributed by atoms with Gasteiger partial charge in [0.15, 0.2) is 0 Å². The highest BCUT2D eigenvalue weighted by atomic mass is 35.5. The summed E-state index contributed by atoms with van der Waals surface area (Å²) in [6, 6.07) is 15.0. The van der Waals surface area contributed by atoms with Gasteiger partial charge in [-0.1, -0.05) is 41.9 Å². The Balaban J connectivity index is 2.17. The highest BCUT2D eigenvalue weighted by molar-refractivity contribution is 6.33. The molecule has 1 heterocycles. The molecular formula is C15H11ClN2O. The molecule has 19 heavy (non-hydrogen) atoms. The number of benzene rings is 2. The normalized spacial score (nSPS) is 17.5. The molecule has 2 aromatic carbocycles. The maximum atomic E-state index is 11.6. The fourth-order valence-corrected chi connectivity index (χ4v) is 2.34. The highest BCUT2D eigenvalue weighted by Crippen LogP contribution is 2.34. The van der Waals surface area contributed by atoms with Gasteiger partial charge in [-0.3, -0.25) is 9.79 Å². The van der Waals surface area contributed by atoms with Crippen LogP contribution in [0.5, 0.6) is 0 Å². The first-order valence-corrected chi connectivity index (χ1v) is 6.30. The summed E-state index contributed by atoms with van der Waals surface area (Å²) in [5, 5.41) is 3.43. The van der Waals surface area contributed by atoms with Gasteiger partial charge in [0.2, 0.25) is 0 Å². The molecule has 4 heteroatoms. The van der Waals surface area contributed by atoms with Crippen LogP contribution in [-0.2, 0) is 4.79 Å². The number of halogens is 1. The van der Waals surface area contributed by atoms with Crippen molar-refractivity contribution in [1.82, 2.24) is 0 Å². The third-order valence-corrected chi connectivity index (χ3v) is 3.26. The minimum Gasteiger partial charge on any atom is -0.321 e.